The number of piperidine rings is 3. The Morgan fingerprint density at radius 3 is 1.01 bits per heavy atom. The second-order valence-electron chi connectivity index (χ2n) is 33.1. The Balaban J connectivity index is 0.000000315. The average molecular weight is 1640 g/mol. The number of amides is 7. The molecule has 3 unspecified atom stereocenters. The Morgan fingerprint density at radius 1 is 0.410 bits per heavy atom. The summed E-state index contributed by atoms with van der Waals surface area (Å²) >= 11 is 0. The van der Waals surface area contributed by atoms with Crippen LogP contribution in [-0.2, 0) is 54.1 Å². The van der Waals surface area contributed by atoms with Crippen LogP contribution in [0.4, 0.5) is 14.4 Å². The summed E-state index contributed by atoms with van der Waals surface area (Å²) in [7, 11) is 12.6. The first-order valence-electron chi connectivity index (χ1n) is 40.0. The standard InChI is InChI=1S/C34H49N3O7.C27H42N2O8.C26H40N2O8/c1-24(2)37(32(39)26-15-16-29(42-8)30(20-26)43-18-12-17-41-7)28-19-27(22-36(23-28)33(40)44-34(3,4)5)31(38)35(6)21-25-13-10-9-11-14-25;1-18(2)29(24(30)19-10-11-22(34-7)23(15-19)36-13-9-12-33-6)21-14-20(25(31)35-8)16-28(17-21)26(32)37-27(3,4)5;1-17(2)28(20-13-19(24(30)31)15-27(16-20)25(32)36-26(3,4)5)23(29)18-9-10-21(34-7)22(14-18)35-12-8-11-33-6/h9-11,13-16,20,24,27-28H,12,17-19,21-23H2,1-8H3;10-11,15,18,20-21H,9,12-14,16-17H2,1-8H3;9-10,14,17,19-20H,8,11-13,15-16H2,1-7H3,(H,30,31)/t27-,28?;20-,21?;19-,20?/m000/s1. The molecule has 0 saturated carbocycles. The highest BCUT2D eigenvalue weighted by Gasteiger charge is 2.45. The molecule has 3 fully saturated rings. The molecule has 3 aliphatic rings. The number of carboxylic acid groups (broad SMARTS) is 1. The summed E-state index contributed by atoms with van der Waals surface area (Å²) in [5, 5.41) is 9.76. The van der Waals surface area contributed by atoms with Crippen LogP contribution in [0.1, 0.15) is 179 Å². The Bertz CT molecular complexity index is 3860. The van der Waals surface area contributed by atoms with Gasteiger partial charge in [0, 0.05) is 148 Å². The summed E-state index contributed by atoms with van der Waals surface area (Å²) in [5.74, 6) is -1.27. The average Bonchev–Trinajstić information content (AvgIpc) is 0.798. The first-order valence-corrected chi connectivity index (χ1v) is 40.0. The third kappa shape index (κ3) is 30.6. The number of likely N-dealkylation sites (tertiary alicyclic amines) is 3. The smallest absolute Gasteiger partial charge is 0.410 e. The molecule has 3 heterocycles. The zero-order valence-electron chi connectivity index (χ0n) is 73.3. The maximum absolute atomic E-state index is 14.2. The summed E-state index contributed by atoms with van der Waals surface area (Å²) in [5.41, 5.74) is 0.121. The molecule has 6 atom stereocenters. The van der Waals surface area contributed by atoms with E-state index in [2.05, 4.69) is 0 Å². The molecule has 0 aliphatic carbocycles. The van der Waals surface area contributed by atoms with Gasteiger partial charge >= 0.3 is 30.2 Å². The van der Waals surface area contributed by atoms with Crippen molar-refractivity contribution in [3.8, 4) is 34.5 Å². The molecule has 1 N–H and O–H groups in total. The van der Waals surface area contributed by atoms with Gasteiger partial charge in [0.05, 0.1) is 84.1 Å². The Morgan fingerprint density at radius 2 is 0.718 bits per heavy atom. The van der Waals surface area contributed by atoms with Gasteiger partial charge in [-0.2, -0.15) is 0 Å². The summed E-state index contributed by atoms with van der Waals surface area (Å²) in [6, 6.07) is 22.9. The third-order valence-electron chi connectivity index (χ3n) is 19.1. The number of hydrogen-bond acceptors (Lipinski definition) is 22. The number of rotatable bonds is 32. The van der Waals surface area contributed by atoms with Gasteiger partial charge in [-0.15, -0.1) is 0 Å². The largest absolute Gasteiger partial charge is 0.493 e. The molecule has 0 aromatic heterocycles. The number of nitrogens with zero attached hydrogens (tertiary/aromatic N) is 7. The van der Waals surface area contributed by atoms with E-state index in [1.54, 1.807) is 163 Å². The number of carbonyl (C=O) groups is 9. The van der Waals surface area contributed by atoms with Crippen molar-refractivity contribution >= 4 is 53.8 Å². The second kappa shape index (κ2) is 46.4. The van der Waals surface area contributed by atoms with E-state index in [-0.39, 0.29) is 87.4 Å². The van der Waals surface area contributed by atoms with Crippen molar-refractivity contribution in [1.82, 2.24) is 34.3 Å². The molecule has 652 valence electrons. The number of carboxylic acids is 1. The number of ether oxygens (including phenoxy) is 13. The zero-order valence-corrected chi connectivity index (χ0v) is 73.3. The minimum atomic E-state index is -1.01. The van der Waals surface area contributed by atoms with Gasteiger partial charge in [-0.3, -0.25) is 28.8 Å². The maximum Gasteiger partial charge on any atom is 0.410 e. The number of carbonyl (C=O) groups excluding carboxylic acids is 8. The Kier molecular flexibility index (Phi) is 38.7. The lowest BCUT2D eigenvalue weighted by Gasteiger charge is -2.44. The van der Waals surface area contributed by atoms with Gasteiger partial charge in [0.25, 0.3) is 17.7 Å². The molecule has 3 aliphatic heterocycles. The molecule has 30 nitrogen and oxygen atoms in total. The van der Waals surface area contributed by atoms with Gasteiger partial charge in [-0.25, -0.2) is 14.4 Å². The van der Waals surface area contributed by atoms with Crippen LogP contribution >= 0.6 is 0 Å². The lowest BCUT2D eigenvalue weighted by molar-refractivity contribution is -0.148. The van der Waals surface area contributed by atoms with Crippen LogP contribution in [-0.4, -0.2) is 282 Å². The van der Waals surface area contributed by atoms with E-state index in [1.807, 2.05) is 92.6 Å². The molecule has 3 saturated heterocycles. The number of benzene rings is 4. The van der Waals surface area contributed by atoms with Gasteiger partial charge in [0.2, 0.25) is 5.91 Å². The third-order valence-corrected chi connectivity index (χ3v) is 19.1. The molecule has 30 heteroatoms. The van der Waals surface area contributed by atoms with Crippen molar-refractivity contribution in [3.63, 3.8) is 0 Å². The topological polar surface area (TPSA) is 317 Å². The SMILES string of the molecule is COCCCOc1cc(C(=O)N(C(C)C)C2C[C@H](C(=O)N(C)Cc3ccccc3)CN(C(=O)OC(C)(C)C)C2)ccc1OC.COCCCOc1cc(C(=O)N(C(C)C)C2C[C@H](C(=O)O)CN(C(=O)OC(C)(C)C)C2)ccc1OC.COCCCOc1cc(C(=O)N(C(C)C)C2C[C@H](C(=O)OC)CN(C(=O)OC(C)(C)C)C2)ccc1OC. The molecule has 117 heavy (non-hydrogen) atoms. The van der Waals surface area contributed by atoms with Crippen molar-refractivity contribution < 1.29 is 110 Å². The number of methoxy groups -OCH3 is 7. The van der Waals surface area contributed by atoms with Gasteiger partial charge < -0.3 is 101 Å². The van der Waals surface area contributed by atoms with Crippen LogP contribution < -0.4 is 28.4 Å². The summed E-state index contributed by atoms with van der Waals surface area (Å²) in [4.78, 5) is 130. The molecular weight excluding hydrogens is 1510 g/mol. The highest BCUT2D eigenvalue weighted by atomic mass is 16.6. The number of aliphatic carboxylic acids is 1. The van der Waals surface area contributed by atoms with Gasteiger partial charge in [0.1, 0.15) is 16.8 Å². The molecule has 7 rings (SSSR count). The van der Waals surface area contributed by atoms with E-state index in [0.717, 1.165) is 5.56 Å². The minimum absolute atomic E-state index is 0.0306. The van der Waals surface area contributed by atoms with E-state index < -0.39 is 82.9 Å². The molecular formula is C87H131N7O23. The van der Waals surface area contributed by atoms with E-state index in [4.69, 9.17) is 61.6 Å². The Labute approximate surface area is 692 Å². The first-order chi connectivity index (χ1) is 55.1. The van der Waals surface area contributed by atoms with Crippen LogP contribution in [0.5, 0.6) is 34.5 Å². The van der Waals surface area contributed by atoms with Crippen LogP contribution in [0.15, 0.2) is 84.9 Å². The summed E-state index contributed by atoms with van der Waals surface area (Å²) in [6.07, 6.45) is 1.44. The first kappa shape index (κ1) is 97.8. The molecule has 0 bridgehead atoms. The number of esters is 1. The van der Waals surface area contributed by atoms with Crippen molar-refractivity contribution in [1.29, 1.82) is 0 Å². The number of hydrogen-bond donors (Lipinski definition) is 1. The van der Waals surface area contributed by atoms with Crippen LogP contribution in [0.2, 0.25) is 0 Å². The van der Waals surface area contributed by atoms with Gasteiger partial charge in [-0.05, 0) is 183 Å². The van der Waals surface area contributed by atoms with Crippen molar-refractivity contribution in [2.75, 3.05) is 136 Å². The molecule has 7 amide bonds. The normalized spacial score (nSPS) is 17.5. The van der Waals surface area contributed by atoms with Gasteiger partial charge in [-0.1, -0.05) is 30.3 Å². The molecule has 0 spiro atoms. The molecule has 4 aromatic carbocycles. The van der Waals surface area contributed by atoms with E-state index in [0.29, 0.717) is 129 Å². The van der Waals surface area contributed by atoms with Crippen molar-refractivity contribution in [2.45, 2.75) is 202 Å². The Hall–Kier alpha value is -9.81. The lowest BCUT2D eigenvalue weighted by Crippen LogP contribution is -2.58. The van der Waals surface area contributed by atoms with E-state index >= 15 is 0 Å². The minimum Gasteiger partial charge on any atom is -0.493 e. The summed E-state index contributed by atoms with van der Waals surface area (Å²) in [6.45, 7) is 31.9. The van der Waals surface area contributed by atoms with Crippen molar-refractivity contribution in [3.05, 3.63) is 107 Å². The fourth-order valence-corrected chi connectivity index (χ4v) is 14.0. The monoisotopic (exact) mass is 1640 g/mol. The highest BCUT2D eigenvalue weighted by Crippen LogP contribution is 2.36. The van der Waals surface area contributed by atoms with Crippen LogP contribution in [0, 0.1) is 17.8 Å². The van der Waals surface area contributed by atoms with Crippen LogP contribution in [0.25, 0.3) is 0 Å². The van der Waals surface area contributed by atoms with Gasteiger partial charge in [0.15, 0.2) is 34.5 Å². The fourth-order valence-electron chi connectivity index (χ4n) is 14.0. The van der Waals surface area contributed by atoms with E-state index in [9.17, 15) is 48.3 Å². The highest BCUT2D eigenvalue weighted by molar-refractivity contribution is 5.97. The maximum atomic E-state index is 14.2. The predicted octanol–water partition coefficient (Wildman–Crippen LogP) is 12.7. The molecule has 0 radical (unpaired) electrons. The predicted molar refractivity (Wildman–Crippen MR) is 441 cm³/mol. The zero-order chi connectivity index (χ0) is 87.2. The summed E-state index contributed by atoms with van der Waals surface area (Å²) < 4.78 is 70.8. The molecule has 4 aromatic rings. The second-order valence-corrected chi connectivity index (χ2v) is 33.1. The van der Waals surface area contributed by atoms with Crippen LogP contribution in [0.3, 0.4) is 0 Å². The lowest BCUT2D eigenvalue weighted by atomic mass is 9.90. The fraction of sp³-hybridized carbons (Fsp3) is 0.621. The quantitative estimate of drug-likeness (QED) is 0.0270. The van der Waals surface area contributed by atoms with Crippen molar-refractivity contribution in [2.24, 2.45) is 17.8 Å². The van der Waals surface area contributed by atoms with E-state index in [1.165, 1.54) is 24.0 Å².